The first-order valence-corrected chi connectivity index (χ1v) is 14.1. The summed E-state index contributed by atoms with van der Waals surface area (Å²) < 4.78 is 8.26. The standard InChI is InChI=1S/C30H28N6O4S/c1-32-28(38)24-19-7-3-4-8-22(19)41-29(24)34-27(37)20-15-21-26(33-23-9-5-6-14-35(23)30(21)39)36(25(20)31)16-17-10-12-18(40-2)13-11-17/h5-6,9-15,31H,3-4,7-8,16H2,1-2H3,(H,32,38)(H,34,37). The van der Waals surface area contributed by atoms with Crippen LogP contribution in [0.3, 0.4) is 0 Å². The fourth-order valence-electron chi connectivity index (χ4n) is 5.32. The maximum atomic E-state index is 13.8. The van der Waals surface area contributed by atoms with Crippen molar-refractivity contribution in [2.45, 2.75) is 32.2 Å². The van der Waals surface area contributed by atoms with Gasteiger partial charge in [-0.1, -0.05) is 18.2 Å². The van der Waals surface area contributed by atoms with Crippen LogP contribution in [-0.4, -0.2) is 39.9 Å². The molecule has 2 amide bonds. The summed E-state index contributed by atoms with van der Waals surface area (Å²) in [6.07, 6.45) is 5.28. The fraction of sp³-hybridized carbons (Fsp3) is 0.233. The van der Waals surface area contributed by atoms with Gasteiger partial charge < -0.3 is 19.9 Å². The van der Waals surface area contributed by atoms with Crippen molar-refractivity contribution >= 4 is 44.8 Å². The molecule has 0 atom stereocenters. The van der Waals surface area contributed by atoms with Crippen molar-refractivity contribution in [1.29, 1.82) is 5.41 Å². The fourth-order valence-corrected chi connectivity index (χ4v) is 6.60. The number of methoxy groups -OCH3 is 1. The molecule has 4 aromatic heterocycles. The normalized spacial score (nSPS) is 12.7. The van der Waals surface area contributed by atoms with Crippen molar-refractivity contribution in [3.05, 3.63) is 97.7 Å². The van der Waals surface area contributed by atoms with Crippen LogP contribution in [0.15, 0.2) is 59.5 Å². The Morgan fingerprint density at radius 2 is 1.88 bits per heavy atom. The number of anilines is 1. The zero-order valence-electron chi connectivity index (χ0n) is 22.6. The van der Waals surface area contributed by atoms with Gasteiger partial charge in [0.2, 0.25) is 0 Å². The molecule has 41 heavy (non-hydrogen) atoms. The molecule has 0 unspecified atom stereocenters. The van der Waals surface area contributed by atoms with Crippen LogP contribution in [0.5, 0.6) is 5.75 Å². The van der Waals surface area contributed by atoms with E-state index in [1.165, 1.54) is 21.8 Å². The van der Waals surface area contributed by atoms with Gasteiger partial charge >= 0.3 is 0 Å². The highest BCUT2D eigenvalue weighted by molar-refractivity contribution is 7.17. The van der Waals surface area contributed by atoms with Crippen LogP contribution in [-0.2, 0) is 19.4 Å². The third-order valence-corrected chi connectivity index (χ3v) is 8.62. The number of amides is 2. The molecule has 0 aliphatic heterocycles. The van der Waals surface area contributed by atoms with Gasteiger partial charge in [0.25, 0.3) is 17.4 Å². The molecule has 0 spiro atoms. The molecular weight excluding hydrogens is 540 g/mol. The number of carbonyl (C=O) groups excluding carboxylic acids is 2. The van der Waals surface area contributed by atoms with Gasteiger partial charge in [0.1, 0.15) is 27.5 Å². The third-order valence-electron chi connectivity index (χ3n) is 7.42. The van der Waals surface area contributed by atoms with Gasteiger partial charge in [-0.3, -0.25) is 24.2 Å². The lowest BCUT2D eigenvalue weighted by atomic mass is 9.95. The Morgan fingerprint density at radius 1 is 1.10 bits per heavy atom. The largest absolute Gasteiger partial charge is 0.497 e. The number of nitrogens with one attached hydrogen (secondary N) is 3. The highest BCUT2D eigenvalue weighted by atomic mass is 32.1. The second kappa shape index (κ2) is 10.7. The van der Waals surface area contributed by atoms with Crippen LogP contribution in [0.4, 0.5) is 5.00 Å². The SMILES string of the molecule is CNC(=O)c1c(NC(=O)c2cc3c(=O)n4ccccc4nc3n(Cc3ccc(OC)cc3)c2=N)sc2c1CCCC2. The van der Waals surface area contributed by atoms with Gasteiger partial charge in [-0.25, -0.2) is 4.98 Å². The minimum Gasteiger partial charge on any atom is -0.497 e. The topological polar surface area (TPSA) is 131 Å². The highest BCUT2D eigenvalue weighted by Gasteiger charge is 2.27. The van der Waals surface area contributed by atoms with Crippen molar-refractivity contribution in [2.24, 2.45) is 0 Å². The Bertz CT molecular complexity index is 1960. The van der Waals surface area contributed by atoms with E-state index in [0.29, 0.717) is 27.6 Å². The summed E-state index contributed by atoms with van der Waals surface area (Å²) in [5.41, 5.74) is 2.60. The second-order valence-electron chi connectivity index (χ2n) is 9.87. The van der Waals surface area contributed by atoms with E-state index in [4.69, 9.17) is 15.1 Å². The lowest BCUT2D eigenvalue weighted by Gasteiger charge is -2.15. The van der Waals surface area contributed by atoms with Crippen molar-refractivity contribution in [3.8, 4) is 5.75 Å². The number of fused-ring (bicyclic) bond motifs is 3. The quantitative estimate of drug-likeness (QED) is 0.269. The molecule has 0 radical (unpaired) electrons. The van der Waals surface area contributed by atoms with E-state index in [1.54, 1.807) is 43.1 Å². The van der Waals surface area contributed by atoms with E-state index >= 15 is 0 Å². The van der Waals surface area contributed by atoms with Gasteiger partial charge in [0.05, 0.1) is 30.2 Å². The summed E-state index contributed by atoms with van der Waals surface area (Å²) in [6, 6.07) is 14.0. The number of thiophene rings is 1. The zero-order valence-corrected chi connectivity index (χ0v) is 23.4. The van der Waals surface area contributed by atoms with Crippen LogP contribution >= 0.6 is 11.3 Å². The first-order chi connectivity index (χ1) is 19.9. The summed E-state index contributed by atoms with van der Waals surface area (Å²) in [4.78, 5) is 46.0. The molecule has 11 heteroatoms. The number of ether oxygens (including phenoxy) is 1. The number of benzene rings is 1. The van der Waals surface area contributed by atoms with E-state index in [1.807, 2.05) is 24.3 Å². The van der Waals surface area contributed by atoms with Gasteiger partial charge in [-0.2, -0.15) is 0 Å². The molecule has 0 saturated heterocycles. The Morgan fingerprint density at radius 3 is 2.63 bits per heavy atom. The number of aromatic nitrogens is 3. The van der Waals surface area contributed by atoms with Crippen molar-refractivity contribution in [3.63, 3.8) is 0 Å². The Kier molecular flexibility index (Phi) is 6.88. The van der Waals surface area contributed by atoms with Crippen molar-refractivity contribution < 1.29 is 14.3 Å². The van der Waals surface area contributed by atoms with Crippen molar-refractivity contribution in [2.75, 3.05) is 19.5 Å². The monoisotopic (exact) mass is 568 g/mol. The van der Waals surface area contributed by atoms with Crippen LogP contribution in [0.25, 0.3) is 16.7 Å². The van der Waals surface area contributed by atoms with E-state index in [2.05, 4.69) is 10.6 Å². The van der Waals surface area contributed by atoms with Crippen LogP contribution in [0.1, 0.15) is 49.6 Å². The lowest BCUT2D eigenvalue weighted by molar-refractivity contribution is 0.0963. The number of rotatable bonds is 6. The minimum atomic E-state index is -0.568. The third kappa shape index (κ3) is 4.67. The van der Waals surface area contributed by atoms with Gasteiger partial charge in [0, 0.05) is 18.1 Å². The summed E-state index contributed by atoms with van der Waals surface area (Å²) in [5, 5.41) is 15.3. The molecule has 6 rings (SSSR count). The summed E-state index contributed by atoms with van der Waals surface area (Å²) >= 11 is 1.40. The average molecular weight is 569 g/mol. The molecular formula is C30H28N6O4S. The summed E-state index contributed by atoms with van der Waals surface area (Å²) in [5.74, 6) is -0.134. The molecule has 5 aromatic rings. The van der Waals surface area contributed by atoms with E-state index < -0.39 is 5.91 Å². The number of carbonyl (C=O) groups is 2. The Balaban J connectivity index is 1.51. The molecule has 0 fully saturated rings. The van der Waals surface area contributed by atoms with Crippen molar-refractivity contribution in [1.82, 2.24) is 19.3 Å². The summed E-state index contributed by atoms with van der Waals surface area (Å²) in [7, 11) is 3.15. The lowest BCUT2D eigenvalue weighted by Crippen LogP contribution is -2.32. The van der Waals surface area contributed by atoms with E-state index in [-0.39, 0.29) is 34.4 Å². The second-order valence-corrected chi connectivity index (χ2v) is 11.0. The number of pyridine rings is 2. The predicted molar refractivity (Wildman–Crippen MR) is 157 cm³/mol. The number of hydrogen-bond donors (Lipinski definition) is 3. The van der Waals surface area contributed by atoms with Crippen LogP contribution < -0.4 is 26.4 Å². The molecule has 10 nitrogen and oxygen atoms in total. The van der Waals surface area contributed by atoms with E-state index in [0.717, 1.165) is 41.7 Å². The first-order valence-electron chi connectivity index (χ1n) is 13.3. The molecule has 4 heterocycles. The average Bonchev–Trinajstić information content (AvgIpc) is 3.36. The molecule has 208 valence electrons. The number of aryl methyl sites for hydroxylation is 1. The summed E-state index contributed by atoms with van der Waals surface area (Å²) in [6.45, 7) is 0.201. The minimum absolute atomic E-state index is 0.00928. The molecule has 1 aliphatic carbocycles. The smallest absolute Gasteiger partial charge is 0.267 e. The number of hydrogen-bond acceptors (Lipinski definition) is 7. The molecule has 0 saturated carbocycles. The Hall–Kier alpha value is -4.77. The molecule has 0 bridgehead atoms. The Labute approximate surface area is 238 Å². The zero-order chi connectivity index (χ0) is 28.7. The van der Waals surface area contributed by atoms with Crippen LogP contribution in [0.2, 0.25) is 0 Å². The number of nitrogens with zero attached hydrogens (tertiary/aromatic N) is 3. The predicted octanol–water partition coefficient (Wildman–Crippen LogP) is 3.74. The van der Waals surface area contributed by atoms with E-state index in [9.17, 15) is 14.4 Å². The van der Waals surface area contributed by atoms with Gasteiger partial charge in [0.15, 0.2) is 0 Å². The molecule has 1 aliphatic rings. The molecule has 1 aromatic carbocycles. The maximum absolute atomic E-state index is 13.8. The highest BCUT2D eigenvalue weighted by Crippen LogP contribution is 2.38. The molecule has 3 N–H and O–H groups in total. The van der Waals surface area contributed by atoms with Crippen LogP contribution in [0, 0.1) is 5.41 Å². The first kappa shape index (κ1) is 26.5. The maximum Gasteiger partial charge on any atom is 0.267 e. The van der Waals surface area contributed by atoms with Gasteiger partial charge in [-0.05, 0) is 67.1 Å². The van der Waals surface area contributed by atoms with Gasteiger partial charge in [-0.15, -0.1) is 11.3 Å².